The number of nitrogens with zero attached hydrogens (tertiary/aromatic N) is 4. The molecule has 35 heavy (non-hydrogen) atoms. The highest BCUT2D eigenvalue weighted by Crippen LogP contribution is 2.41. The summed E-state index contributed by atoms with van der Waals surface area (Å²) in [5.41, 5.74) is 1.94. The standard InChI is InChI=1S/C24H34F2N6O3/c1-27-9-10-31(16-33)13-18-11-21-29-20(14-32(21)28-12-18)22(19-5-7-24(25,26)8-6-19)30-23(34)35-15-17-3-2-4-17/h11-12,14,16-17,19,22,27H,2-10,13,15H2,1H3,(H,30,34). The van der Waals surface area contributed by atoms with Gasteiger partial charge in [-0.05, 0) is 56.2 Å². The molecular formula is C24H34F2N6O3. The van der Waals surface area contributed by atoms with Crippen molar-refractivity contribution in [1.29, 1.82) is 0 Å². The van der Waals surface area contributed by atoms with Crippen molar-refractivity contribution < 1.29 is 23.1 Å². The number of fused-ring (bicyclic) bond motifs is 1. The van der Waals surface area contributed by atoms with E-state index < -0.39 is 18.1 Å². The molecule has 2 amide bonds. The van der Waals surface area contributed by atoms with Crippen LogP contribution in [-0.2, 0) is 16.1 Å². The zero-order chi connectivity index (χ0) is 24.8. The van der Waals surface area contributed by atoms with E-state index in [4.69, 9.17) is 4.74 Å². The molecular weight excluding hydrogens is 458 g/mol. The van der Waals surface area contributed by atoms with Gasteiger partial charge in [-0.25, -0.2) is 23.1 Å². The lowest BCUT2D eigenvalue weighted by atomic mass is 9.81. The number of carbonyl (C=O) groups is 2. The Morgan fingerprint density at radius 1 is 1.34 bits per heavy atom. The number of hydrogen-bond donors (Lipinski definition) is 2. The second-order valence-electron chi connectivity index (χ2n) is 9.72. The van der Waals surface area contributed by atoms with Gasteiger partial charge in [0.1, 0.15) is 0 Å². The highest BCUT2D eigenvalue weighted by atomic mass is 19.3. The molecule has 1 atom stereocenters. The number of alkyl halides is 2. The monoisotopic (exact) mass is 492 g/mol. The van der Waals surface area contributed by atoms with E-state index >= 15 is 0 Å². The average molecular weight is 493 g/mol. The Kier molecular flexibility index (Phi) is 8.15. The zero-order valence-electron chi connectivity index (χ0n) is 20.1. The molecule has 2 aliphatic rings. The molecule has 0 saturated heterocycles. The molecule has 1 unspecified atom stereocenters. The summed E-state index contributed by atoms with van der Waals surface area (Å²) in [7, 11) is 1.82. The molecule has 192 valence electrons. The van der Waals surface area contributed by atoms with Crippen LogP contribution in [0.25, 0.3) is 5.65 Å². The third kappa shape index (κ3) is 6.65. The van der Waals surface area contributed by atoms with E-state index in [2.05, 4.69) is 20.7 Å². The predicted octanol–water partition coefficient (Wildman–Crippen LogP) is 3.30. The van der Waals surface area contributed by atoms with Crippen molar-refractivity contribution in [3.63, 3.8) is 0 Å². The Balaban J connectivity index is 1.50. The number of nitrogens with one attached hydrogen (secondary N) is 2. The highest BCUT2D eigenvalue weighted by Gasteiger charge is 2.39. The van der Waals surface area contributed by atoms with Gasteiger partial charge >= 0.3 is 6.09 Å². The molecule has 2 N–H and O–H groups in total. The first-order chi connectivity index (χ1) is 16.9. The largest absolute Gasteiger partial charge is 0.449 e. The van der Waals surface area contributed by atoms with Gasteiger partial charge < -0.3 is 20.3 Å². The van der Waals surface area contributed by atoms with E-state index in [-0.39, 0.29) is 31.6 Å². The summed E-state index contributed by atoms with van der Waals surface area (Å²) in [6, 6.07) is 1.29. The van der Waals surface area contributed by atoms with Crippen molar-refractivity contribution >= 4 is 18.2 Å². The number of alkyl carbamates (subject to hydrolysis) is 1. The number of hydrogen-bond acceptors (Lipinski definition) is 6. The van der Waals surface area contributed by atoms with Gasteiger partial charge in [-0.2, -0.15) is 5.10 Å². The SMILES string of the molecule is CNCCN(C=O)Cc1cnn2cc(C(NC(=O)OCC3CCC3)C3CCC(F)(F)CC3)nc2c1. The second-order valence-corrected chi connectivity index (χ2v) is 9.72. The lowest BCUT2D eigenvalue weighted by Crippen LogP contribution is -2.38. The number of ether oxygens (including phenoxy) is 1. The summed E-state index contributed by atoms with van der Waals surface area (Å²) in [5.74, 6) is -2.44. The molecule has 9 nitrogen and oxygen atoms in total. The molecule has 0 radical (unpaired) electrons. The van der Waals surface area contributed by atoms with Gasteiger partial charge in [0.25, 0.3) is 0 Å². The van der Waals surface area contributed by atoms with Gasteiger partial charge in [0.2, 0.25) is 12.3 Å². The average Bonchev–Trinajstić information content (AvgIpc) is 3.22. The quantitative estimate of drug-likeness (QED) is 0.467. The minimum atomic E-state index is -2.67. The van der Waals surface area contributed by atoms with Crippen molar-refractivity contribution in [3.8, 4) is 0 Å². The predicted molar refractivity (Wildman–Crippen MR) is 125 cm³/mol. The highest BCUT2D eigenvalue weighted by molar-refractivity contribution is 5.68. The molecule has 11 heteroatoms. The van der Waals surface area contributed by atoms with Crippen LogP contribution in [-0.4, -0.2) is 64.7 Å². The maximum atomic E-state index is 13.8. The lowest BCUT2D eigenvalue weighted by molar-refractivity contribution is -0.118. The number of rotatable bonds is 11. The molecule has 0 bridgehead atoms. The molecule has 2 aliphatic carbocycles. The number of aromatic nitrogens is 3. The molecule has 0 aliphatic heterocycles. The fraction of sp³-hybridized carbons (Fsp3) is 0.667. The van der Waals surface area contributed by atoms with Gasteiger partial charge in [0, 0.05) is 32.5 Å². The molecule has 0 spiro atoms. The molecule has 2 fully saturated rings. The molecule has 4 rings (SSSR count). The Morgan fingerprint density at radius 2 is 2.11 bits per heavy atom. The zero-order valence-corrected chi connectivity index (χ0v) is 20.1. The van der Waals surface area contributed by atoms with Crippen LogP contribution in [0, 0.1) is 11.8 Å². The van der Waals surface area contributed by atoms with E-state index in [1.54, 1.807) is 21.8 Å². The first-order valence-electron chi connectivity index (χ1n) is 12.4. The van der Waals surface area contributed by atoms with Crippen LogP contribution in [0.15, 0.2) is 18.5 Å². The molecule has 2 aromatic heterocycles. The number of halogens is 2. The number of carbonyl (C=O) groups excluding carboxylic acids is 2. The van der Waals surface area contributed by atoms with E-state index in [1.165, 1.54) is 0 Å². The van der Waals surface area contributed by atoms with Crippen LogP contribution in [0.4, 0.5) is 13.6 Å². The summed E-state index contributed by atoms with van der Waals surface area (Å²) < 4.78 is 34.6. The van der Waals surface area contributed by atoms with Crippen LogP contribution < -0.4 is 10.6 Å². The van der Waals surface area contributed by atoms with Gasteiger partial charge in [-0.1, -0.05) is 6.42 Å². The first-order valence-corrected chi connectivity index (χ1v) is 12.4. The summed E-state index contributed by atoms with van der Waals surface area (Å²) in [5, 5.41) is 10.3. The van der Waals surface area contributed by atoms with E-state index in [1.807, 2.05) is 13.1 Å². The van der Waals surface area contributed by atoms with Crippen molar-refractivity contribution in [1.82, 2.24) is 30.1 Å². The van der Waals surface area contributed by atoms with Crippen molar-refractivity contribution in [2.75, 3.05) is 26.7 Å². The van der Waals surface area contributed by atoms with Crippen LogP contribution >= 0.6 is 0 Å². The Labute approximate surface area is 203 Å². The maximum Gasteiger partial charge on any atom is 0.407 e. The Bertz CT molecular complexity index is 1000. The fourth-order valence-corrected chi connectivity index (χ4v) is 4.68. The third-order valence-corrected chi connectivity index (χ3v) is 7.08. The first kappa shape index (κ1) is 25.3. The molecule has 2 heterocycles. The van der Waals surface area contributed by atoms with Gasteiger partial charge in [0.15, 0.2) is 5.65 Å². The lowest BCUT2D eigenvalue weighted by Gasteiger charge is -2.33. The van der Waals surface area contributed by atoms with Gasteiger partial charge in [0.05, 0.1) is 30.7 Å². The van der Waals surface area contributed by atoms with E-state index in [0.717, 1.165) is 31.2 Å². The van der Waals surface area contributed by atoms with Crippen LogP contribution in [0.5, 0.6) is 0 Å². The normalized spacial score (nSPS) is 19.2. The van der Waals surface area contributed by atoms with Crippen molar-refractivity contribution in [2.24, 2.45) is 11.8 Å². The maximum absolute atomic E-state index is 13.8. The van der Waals surface area contributed by atoms with Gasteiger partial charge in [-0.15, -0.1) is 0 Å². The van der Waals surface area contributed by atoms with Crippen molar-refractivity contribution in [3.05, 3.63) is 29.7 Å². The van der Waals surface area contributed by atoms with E-state index in [9.17, 15) is 18.4 Å². The smallest absolute Gasteiger partial charge is 0.407 e. The minimum Gasteiger partial charge on any atom is -0.449 e. The number of amides is 2. The van der Waals surface area contributed by atoms with Gasteiger partial charge in [-0.3, -0.25) is 4.79 Å². The van der Waals surface area contributed by atoms with Crippen LogP contribution in [0.2, 0.25) is 0 Å². The van der Waals surface area contributed by atoms with Crippen molar-refractivity contribution in [2.45, 2.75) is 63.5 Å². The summed E-state index contributed by atoms with van der Waals surface area (Å²) in [4.78, 5) is 30.3. The molecule has 2 saturated carbocycles. The minimum absolute atomic E-state index is 0.178. The Morgan fingerprint density at radius 3 is 2.77 bits per heavy atom. The molecule has 2 aromatic rings. The van der Waals surface area contributed by atoms with Crippen LogP contribution in [0.1, 0.15) is 62.2 Å². The summed E-state index contributed by atoms with van der Waals surface area (Å²) in [6.07, 6.45) is 7.07. The summed E-state index contributed by atoms with van der Waals surface area (Å²) in [6.45, 7) is 2.00. The topological polar surface area (TPSA) is 101 Å². The summed E-state index contributed by atoms with van der Waals surface area (Å²) >= 11 is 0. The fourth-order valence-electron chi connectivity index (χ4n) is 4.68. The number of imidazole rings is 1. The molecule has 0 aromatic carbocycles. The third-order valence-electron chi connectivity index (χ3n) is 7.08. The second kappa shape index (κ2) is 11.3. The van der Waals surface area contributed by atoms with E-state index in [0.29, 0.717) is 43.5 Å². The Hall–Kier alpha value is -2.82. The van der Waals surface area contributed by atoms with Crippen LogP contribution in [0.3, 0.4) is 0 Å². The number of likely N-dealkylation sites (N-methyl/N-ethyl adjacent to an activating group) is 1.